The summed E-state index contributed by atoms with van der Waals surface area (Å²) >= 11 is 0. The summed E-state index contributed by atoms with van der Waals surface area (Å²) in [5, 5.41) is 11.0. The summed E-state index contributed by atoms with van der Waals surface area (Å²) in [7, 11) is 1.92. The second-order valence-electron chi connectivity index (χ2n) is 6.27. The Balaban J connectivity index is 2.09. The molecule has 2 heterocycles. The van der Waals surface area contributed by atoms with Crippen LogP contribution in [0.25, 0.3) is 0 Å². The molecule has 5 nitrogen and oxygen atoms in total. The van der Waals surface area contributed by atoms with Crippen LogP contribution in [0.15, 0.2) is 12.3 Å². The first kappa shape index (κ1) is 15.0. The van der Waals surface area contributed by atoms with Crippen molar-refractivity contribution in [3.05, 3.63) is 18.0 Å². The topological polar surface area (TPSA) is 59.0 Å². The zero-order valence-corrected chi connectivity index (χ0v) is 12.9. The predicted octanol–water partition coefficient (Wildman–Crippen LogP) is 1.76. The van der Waals surface area contributed by atoms with Gasteiger partial charge in [0.05, 0.1) is 11.7 Å². The van der Waals surface area contributed by atoms with E-state index < -0.39 is 0 Å². The molecule has 1 saturated heterocycles. The van der Waals surface area contributed by atoms with Crippen LogP contribution in [0.4, 0.5) is 0 Å². The fourth-order valence-electron chi connectivity index (χ4n) is 3.09. The van der Waals surface area contributed by atoms with E-state index in [1.165, 1.54) is 0 Å². The number of piperidine rings is 1. The molecule has 2 rings (SSSR count). The lowest BCUT2D eigenvalue weighted by molar-refractivity contribution is -0.124. The molecule has 0 spiro atoms. The lowest BCUT2D eigenvalue weighted by atomic mass is 9.93. The fraction of sp³-hybridized carbons (Fsp3) is 0.733. The SMILES string of the molecule is CC(C)CC(C)N[C@@H]1CCC(=O)N[C@H]1c1ccnn1C. The van der Waals surface area contributed by atoms with Crippen LogP contribution in [0.2, 0.25) is 0 Å². The van der Waals surface area contributed by atoms with Crippen LogP contribution in [0.1, 0.15) is 51.8 Å². The highest BCUT2D eigenvalue weighted by Gasteiger charge is 2.32. The summed E-state index contributed by atoms with van der Waals surface area (Å²) in [6.07, 6.45) is 4.40. The third kappa shape index (κ3) is 3.60. The van der Waals surface area contributed by atoms with E-state index in [4.69, 9.17) is 0 Å². The van der Waals surface area contributed by atoms with Gasteiger partial charge in [0.2, 0.25) is 5.91 Å². The third-order valence-electron chi connectivity index (χ3n) is 3.90. The molecule has 1 aromatic rings. The van der Waals surface area contributed by atoms with Gasteiger partial charge < -0.3 is 10.6 Å². The lowest BCUT2D eigenvalue weighted by Gasteiger charge is -2.35. The number of aromatic nitrogens is 2. The van der Waals surface area contributed by atoms with Crippen molar-refractivity contribution in [3.63, 3.8) is 0 Å². The predicted molar refractivity (Wildman–Crippen MR) is 79.2 cm³/mol. The molecule has 0 saturated carbocycles. The second kappa shape index (κ2) is 6.39. The number of amides is 1. The van der Waals surface area contributed by atoms with Gasteiger partial charge in [0.1, 0.15) is 0 Å². The monoisotopic (exact) mass is 278 g/mol. The first-order chi connectivity index (χ1) is 9.47. The average Bonchev–Trinajstić information content (AvgIpc) is 2.76. The minimum atomic E-state index is 0.0124. The van der Waals surface area contributed by atoms with Crippen molar-refractivity contribution in [2.45, 2.75) is 58.2 Å². The van der Waals surface area contributed by atoms with E-state index in [1.54, 1.807) is 6.20 Å². The molecule has 0 aromatic carbocycles. The average molecular weight is 278 g/mol. The van der Waals surface area contributed by atoms with Crippen molar-refractivity contribution in [1.82, 2.24) is 20.4 Å². The maximum Gasteiger partial charge on any atom is 0.220 e. The van der Waals surface area contributed by atoms with Crippen molar-refractivity contribution < 1.29 is 4.79 Å². The first-order valence-corrected chi connectivity index (χ1v) is 7.50. The maximum atomic E-state index is 11.7. The molecule has 1 fully saturated rings. The Morgan fingerprint density at radius 3 is 2.85 bits per heavy atom. The van der Waals surface area contributed by atoms with Gasteiger partial charge >= 0.3 is 0 Å². The van der Waals surface area contributed by atoms with E-state index in [2.05, 4.69) is 36.5 Å². The van der Waals surface area contributed by atoms with Crippen molar-refractivity contribution in [2.24, 2.45) is 13.0 Å². The molecule has 1 aliphatic rings. The number of aryl methyl sites for hydroxylation is 1. The summed E-state index contributed by atoms with van der Waals surface area (Å²) in [5.41, 5.74) is 1.06. The maximum absolute atomic E-state index is 11.7. The Morgan fingerprint density at radius 1 is 1.50 bits per heavy atom. The lowest BCUT2D eigenvalue weighted by Crippen LogP contribution is -2.51. The normalized spacial score (nSPS) is 24.8. The zero-order chi connectivity index (χ0) is 14.7. The van der Waals surface area contributed by atoms with Gasteiger partial charge in [-0.1, -0.05) is 13.8 Å². The molecule has 1 amide bonds. The first-order valence-electron chi connectivity index (χ1n) is 7.50. The fourth-order valence-corrected chi connectivity index (χ4v) is 3.09. The van der Waals surface area contributed by atoms with Gasteiger partial charge in [-0.3, -0.25) is 9.48 Å². The van der Waals surface area contributed by atoms with Crippen LogP contribution >= 0.6 is 0 Å². The van der Waals surface area contributed by atoms with Crippen molar-refractivity contribution in [3.8, 4) is 0 Å². The van der Waals surface area contributed by atoms with Crippen LogP contribution in [0, 0.1) is 5.92 Å². The standard InChI is InChI=1S/C15H26N4O/c1-10(2)9-11(3)17-12-5-6-14(20)18-15(12)13-7-8-16-19(13)4/h7-8,10-12,15,17H,5-6,9H2,1-4H3,(H,18,20)/t11?,12-,15-/m1/s1. The molecule has 112 valence electrons. The zero-order valence-electron chi connectivity index (χ0n) is 12.9. The van der Waals surface area contributed by atoms with Crippen molar-refractivity contribution in [1.29, 1.82) is 0 Å². The molecule has 1 aliphatic heterocycles. The van der Waals surface area contributed by atoms with Crippen LogP contribution in [-0.2, 0) is 11.8 Å². The van der Waals surface area contributed by atoms with Gasteiger partial charge in [-0.05, 0) is 31.7 Å². The smallest absolute Gasteiger partial charge is 0.220 e. The van der Waals surface area contributed by atoms with Gasteiger partial charge in [-0.2, -0.15) is 5.10 Å². The summed E-state index contributed by atoms with van der Waals surface area (Å²) < 4.78 is 1.85. The van der Waals surface area contributed by atoms with E-state index >= 15 is 0 Å². The van der Waals surface area contributed by atoms with Gasteiger partial charge in [0, 0.05) is 31.7 Å². The van der Waals surface area contributed by atoms with Crippen molar-refractivity contribution >= 4 is 5.91 Å². The van der Waals surface area contributed by atoms with E-state index in [1.807, 2.05) is 17.8 Å². The summed E-state index contributed by atoms with van der Waals surface area (Å²) in [5.74, 6) is 0.802. The Hall–Kier alpha value is -1.36. The molecule has 5 heteroatoms. The number of hydrogen-bond acceptors (Lipinski definition) is 3. The highest BCUT2D eigenvalue weighted by atomic mass is 16.1. The number of carbonyl (C=O) groups excluding carboxylic acids is 1. The number of nitrogens with one attached hydrogen (secondary N) is 2. The Morgan fingerprint density at radius 2 is 2.25 bits per heavy atom. The van der Waals surface area contributed by atoms with Crippen LogP contribution in [0.5, 0.6) is 0 Å². The Bertz CT molecular complexity index is 454. The van der Waals surface area contributed by atoms with Crippen LogP contribution in [0.3, 0.4) is 0 Å². The molecule has 3 atom stereocenters. The van der Waals surface area contributed by atoms with Crippen LogP contribution in [-0.4, -0.2) is 27.8 Å². The summed E-state index contributed by atoms with van der Waals surface area (Å²) in [6, 6.07) is 2.72. The van der Waals surface area contributed by atoms with E-state index in [0.717, 1.165) is 18.5 Å². The van der Waals surface area contributed by atoms with E-state index in [9.17, 15) is 4.79 Å². The number of hydrogen-bond donors (Lipinski definition) is 2. The van der Waals surface area contributed by atoms with E-state index in [-0.39, 0.29) is 18.0 Å². The van der Waals surface area contributed by atoms with Gasteiger partial charge in [0.25, 0.3) is 0 Å². The minimum absolute atomic E-state index is 0.0124. The van der Waals surface area contributed by atoms with E-state index in [0.29, 0.717) is 18.4 Å². The molecule has 0 bridgehead atoms. The quantitative estimate of drug-likeness (QED) is 0.863. The van der Waals surface area contributed by atoms with Gasteiger partial charge in [-0.15, -0.1) is 0 Å². The Kier molecular flexibility index (Phi) is 4.81. The molecule has 0 radical (unpaired) electrons. The molecule has 20 heavy (non-hydrogen) atoms. The van der Waals surface area contributed by atoms with Gasteiger partial charge in [0.15, 0.2) is 0 Å². The number of nitrogens with zero attached hydrogens (tertiary/aromatic N) is 2. The number of carbonyl (C=O) groups is 1. The second-order valence-corrected chi connectivity index (χ2v) is 6.27. The minimum Gasteiger partial charge on any atom is -0.346 e. The largest absolute Gasteiger partial charge is 0.346 e. The van der Waals surface area contributed by atoms with Gasteiger partial charge in [-0.25, -0.2) is 0 Å². The highest BCUT2D eigenvalue weighted by Crippen LogP contribution is 2.24. The summed E-state index contributed by atoms with van der Waals surface area (Å²) in [4.78, 5) is 11.7. The third-order valence-corrected chi connectivity index (χ3v) is 3.90. The van der Waals surface area contributed by atoms with Crippen LogP contribution < -0.4 is 10.6 Å². The van der Waals surface area contributed by atoms with Crippen molar-refractivity contribution in [2.75, 3.05) is 0 Å². The molecule has 1 unspecified atom stereocenters. The molecule has 1 aromatic heterocycles. The highest BCUT2D eigenvalue weighted by molar-refractivity contribution is 5.77. The number of rotatable bonds is 5. The molecule has 0 aliphatic carbocycles. The summed E-state index contributed by atoms with van der Waals surface area (Å²) in [6.45, 7) is 6.69. The Labute approximate surface area is 121 Å². The molecular weight excluding hydrogens is 252 g/mol. The molecular formula is C15H26N4O. The molecule has 2 N–H and O–H groups in total.